The Labute approximate surface area is 167 Å². The monoisotopic (exact) mass is 397 g/mol. The molecule has 8 heteroatoms. The van der Waals surface area contributed by atoms with Gasteiger partial charge in [0.2, 0.25) is 0 Å². The molecule has 2 aliphatic rings. The Balaban J connectivity index is 1.31. The van der Waals surface area contributed by atoms with Gasteiger partial charge >= 0.3 is 0 Å². The van der Waals surface area contributed by atoms with Crippen LogP contribution < -0.4 is 10.3 Å². The van der Waals surface area contributed by atoms with Crippen molar-refractivity contribution in [2.75, 3.05) is 13.1 Å². The van der Waals surface area contributed by atoms with Gasteiger partial charge in [-0.15, -0.1) is 0 Å². The fourth-order valence-corrected chi connectivity index (χ4v) is 4.31. The number of rotatable bonds is 5. The van der Waals surface area contributed by atoms with Gasteiger partial charge in [-0.1, -0.05) is 12.8 Å². The topological polar surface area (TPSA) is 76.0 Å². The lowest BCUT2D eigenvalue weighted by Crippen LogP contribution is -2.54. The van der Waals surface area contributed by atoms with Crippen LogP contribution in [0, 0.1) is 5.82 Å². The van der Waals surface area contributed by atoms with Gasteiger partial charge in [0, 0.05) is 13.1 Å². The zero-order valence-corrected chi connectivity index (χ0v) is 16.3. The number of benzene rings is 1. The van der Waals surface area contributed by atoms with Crippen LogP contribution in [0.4, 0.5) is 4.39 Å². The van der Waals surface area contributed by atoms with Crippen LogP contribution >= 0.6 is 0 Å². The highest BCUT2D eigenvalue weighted by atomic mass is 19.1. The lowest BCUT2D eigenvalue weighted by molar-refractivity contribution is -0.00738. The maximum atomic E-state index is 13.0. The number of hydrogen-bond acceptors (Lipinski definition) is 5. The van der Waals surface area contributed by atoms with Crippen LogP contribution in [0.25, 0.3) is 11.0 Å². The Morgan fingerprint density at radius 1 is 1.21 bits per heavy atom. The lowest BCUT2D eigenvalue weighted by Gasteiger charge is -2.42. The van der Waals surface area contributed by atoms with Crippen LogP contribution in [-0.4, -0.2) is 43.8 Å². The Kier molecular flexibility index (Phi) is 4.58. The van der Waals surface area contributed by atoms with Gasteiger partial charge in [-0.3, -0.25) is 9.69 Å². The SMILES string of the molecule is C[C@H](c1nc2c(cnn2C2CCCC2)c(=O)[nH]1)N1CC(Oc2ccc(F)cc2)C1. The van der Waals surface area contributed by atoms with Crippen LogP contribution in [0.5, 0.6) is 5.75 Å². The number of nitrogens with one attached hydrogen (secondary N) is 1. The molecule has 1 saturated heterocycles. The summed E-state index contributed by atoms with van der Waals surface area (Å²) < 4.78 is 20.8. The van der Waals surface area contributed by atoms with Gasteiger partial charge in [0.05, 0.1) is 18.3 Å². The van der Waals surface area contributed by atoms with Gasteiger partial charge in [-0.2, -0.15) is 5.10 Å². The number of halogens is 1. The molecule has 152 valence electrons. The normalized spacial score (nSPS) is 19.5. The molecule has 2 aromatic heterocycles. The van der Waals surface area contributed by atoms with Crippen molar-refractivity contribution in [3.8, 4) is 5.75 Å². The third kappa shape index (κ3) is 3.42. The Morgan fingerprint density at radius 3 is 2.66 bits per heavy atom. The first-order valence-corrected chi connectivity index (χ1v) is 10.2. The number of H-pyrrole nitrogens is 1. The van der Waals surface area contributed by atoms with Gasteiger partial charge in [0.25, 0.3) is 5.56 Å². The second-order valence-corrected chi connectivity index (χ2v) is 8.04. The third-order valence-electron chi connectivity index (χ3n) is 6.09. The zero-order chi connectivity index (χ0) is 20.0. The number of hydrogen-bond donors (Lipinski definition) is 1. The average Bonchev–Trinajstić information content (AvgIpc) is 3.34. The Bertz CT molecular complexity index is 1060. The van der Waals surface area contributed by atoms with Crippen LogP contribution in [0.3, 0.4) is 0 Å². The Hall–Kier alpha value is -2.74. The van der Waals surface area contributed by atoms with Crippen molar-refractivity contribution in [2.24, 2.45) is 0 Å². The number of ether oxygens (including phenoxy) is 1. The standard InChI is InChI=1S/C21H24FN5O2/c1-13(26-11-17(12-26)29-16-8-6-14(22)7-9-16)19-24-20-18(21(28)25-19)10-23-27(20)15-4-2-3-5-15/h6-10,13,15,17H,2-5,11-12H2,1H3,(H,24,25,28)/t13-/m1/s1. The molecule has 0 bridgehead atoms. The van der Waals surface area contributed by atoms with E-state index in [1.54, 1.807) is 18.3 Å². The van der Waals surface area contributed by atoms with Gasteiger partial charge in [0.1, 0.15) is 28.9 Å². The first-order valence-electron chi connectivity index (χ1n) is 10.2. The average molecular weight is 397 g/mol. The summed E-state index contributed by atoms with van der Waals surface area (Å²) in [6.45, 7) is 3.48. The molecule has 0 amide bonds. The van der Waals surface area contributed by atoms with E-state index in [1.165, 1.54) is 25.0 Å². The molecule has 2 fully saturated rings. The third-order valence-corrected chi connectivity index (χ3v) is 6.09. The smallest absolute Gasteiger partial charge is 0.262 e. The number of aromatic amines is 1. The molecule has 3 aromatic rings. The largest absolute Gasteiger partial charge is 0.488 e. The van der Waals surface area contributed by atoms with E-state index in [2.05, 4.69) is 15.0 Å². The van der Waals surface area contributed by atoms with Gasteiger partial charge in [0.15, 0.2) is 5.65 Å². The molecule has 29 heavy (non-hydrogen) atoms. The number of likely N-dealkylation sites (tertiary alicyclic amines) is 1. The highest BCUT2D eigenvalue weighted by Gasteiger charge is 2.34. The molecule has 5 rings (SSSR count). The van der Waals surface area contributed by atoms with E-state index >= 15 is 0 Å². The maximum absolute atomic E-state index is 13.0. The second kappa shape index (κ2) is 7.26. The summed E-state index contributed by atoms with van der Waals surface area (Å²) in [5.74, 6) is 1.04. The molecular formula is C21H24FN5O2. The maximum Gasteiger partial charge on any atom is 0.262 e. The number of nitrogens with zero attached hydrogens (tertiary/aromatic N) is 4. The molecule has 0 radical (unpaired) electrons. The minimum absolute atomic E-state index is 0.0351. The number of fused-ring (bicyclic) bond motifs is 1. The van der Waals surface area contributed by atoms with Crippen molar-refractivity contribution in [1.29, 1.82) is 0 Å². The van der Waals surface area contributed by atoms with Crippen molar-refractivity contribution >= 4 is 11.0 Å². The molecule has 1 saturated carbocycles. The van der Waals surface area contributed by atoms with E-state index in [0.717, 1.165) is 25.9 Å². The molecule has 3 heterocycles. The molecule has 0 unspecified atom stereocenters. The first-order chi connectivity index (χ1) is 14.1. The van der Waals surface area contributed by atoms with E-state index in [0.29, 0.717) is 28.6 Å². The quantitative estimate of drug-likeness (QED) is 0.716. The van der Waals surface area contributed by atoms with E-state index in [9.17, 15) is 9.18 Å². The summed E-state index contributed by atoms with van der Waals surface area (Å²) in [4.78, 5) is 22.5. The van der Waals surface area contributed by atoms with Crippen LogP contribution in [0.15, 0.2) is 35.3 Å². The second-order valence-electron chi connectivity index (χ2n) is 8.04. The van der Waals surface area contributed by atoms with Crippen molar-refractivity contribution in [3.05, 3.63) is 52.5 Å². The molecule has 1 aromatic carbocycles. The summed E-state index contributed by atoms with van der Waals surface area (Å²) in [6, 6.07) is 6.36. The fraction of sp³-hybridized carbons (Fsp3) is 0.476. The highest BCUT2D eigenvalue weighted by Crippen LogP contribution is 2.31. The van der Waals surface area contributed by atoms with Crippen molar-refractivity contribution in [2.45, 2.75) is 50.8 Å². The van der Waals surface area contributed by atoms with E-state index in [-0.39, 0.29) is 23.5 Å². The molecule has 1 aliphatic heterocycles. The molecule has 1 aliphatic carbocycles. The molecule has 0 spiro atoms. The number of aromatic nitrogens is 4. The summed E-state index contributed by atoms with van der Waals surface area (Å²) in [7, 11) is 0. The van der Waals surface area contributed by atoms with Gasteiger partial charge in [-0.25, -0.2) is 14.1 Å². The summed E-state index contributed by atoms with van der Waals surface area (Å²) in [5.41, 5.74) is 0.544. The first kappa shape index (κ1) is 18.3. The fourth-order valence-electron chi connectivity index (χ4n) is 4.31. The Morgan fingerprint density at radius 2 is 1.93 bits per heavy atom. The molecule has 1 atom stereocenters. The van der Waals surface area contributed by atoms with Crippen LogP contribution in [0.2, 0.25) is 0 Å². The predicted molar refractivity (Wildman–Crippen MR) is 106 cm³/mol. The summed E-state index contributed by atoms with van der Waals surface area (Å²) in [6.07, 6.45) is 6.24. The minimum Gasteiger partial charge on any atom is -0.488 e. The van der Waals surface area contributed by atoms with Gasteiger partial charge in [-0.05, 0) is 44.0 Å². The van der Waals surface area contributed by atoms with Crippen molar-refractivity contribution in [3.63, 3.8) is 0 Å². The summed E-state index contributed by atoms with van der Waals surface area (Å²) in [5, 5.41) is 5.01. The zero-order valence-electron chi connectivity index (χ0n) is 16.3. The van der Waals surface area contributed by atoms with Crippen LogP contribution in [-0.2, 0) is 0 Å². The lowest BCUT2D eigenvalue weighted by atomic mass is 10.1. The van der Waals surface area contributed by atoms with Gasteiger partial charge < -0.3 is 9.72 Å². The summed E-state index contributed by atoms with van der Waals surface area (Å²) >= 11 is 0. The predicted octanol–water partition coefficient (Wildman–Crippen LogP) is 3.20. The van der Waals surface area contributed by atoms with Crippen LogP contribution in [0.1, 0.15) is 50.5 Å². The van der Waals surface area contributed by atoms with E-state index in [4.69, 9.17) is 9.72 Å². The molecule has 7 nitrogen and oxygen atoms in total. The minimum atomic E-state index is -0.275. The highest BCUT2D eigenvalue weighted by molar-refractivity contribution is 5.73. The van der Waals surface area contributed by atoms with Crippen molar-refractivity contribution < 1.29 is 9.13 Å². The molecule has 1 N–H and O–H groups in total. The van der Waals surface area contributed by atoms with E-state index < -0.39 is 0 Å². The van der Waals surface area contributed by atoms with E-state index in [1.807, 2.05) is 11.6 Å². The molecular weight excluding hydrogens is 373 g/mol. The van der Waals surface area contributed by atoms with Crippen molar-refractivity contribution in [1.82, 2.24) is 24.6 Å².